The largest absolute Gasteiger partial charge is 0.309 e. The average Bonchev–Trinajstić information content (AvgIpc) is 3.82. The zero-order valence-corrected chi connectivity index (χ0v) is 31.0. The van der Waals surface area contributed by atoms with Crippen LogP contribution in [0.2, 0.25) is 0 Å². The van der Waals surface area contributed by atoms with Gasteiger partial charge in [0.15, 0.2) is 17.5 Å². The summed E-state index contributed by atoms with van der Waals surface area (Å²) in [5.41, 5.74) is 11.3. The maximum Gasteiger partial charge on any atom is 0.164 e. The van der Waals surface area contributed by atoms with Crippen molar-refractivity contribution in [2.45, 2.75) is 0 Å². The normalized spacial score (nSPS) is 11.6. The van der Waals surface area contributed by atoms with E-state index in [2.05, 4.69) is 138 Å². The van der Waals surface area contributed by atoms with Crippen molar-refractivity contribution >= 4 is 53.3 Å². The van der Waals surface area contributed by atoms with E-state index in [-0.39, 0.29) is 0 Å². The van der Waals surface area contributed by atoms with E-state index in [1.807, 2.05) is 72.0 Å². The second-order valence-corrected chi connectivity index (χ2v) is 15.1. The SMILES string of the molecule is c1ccc(-c2ccc(-n3c4ccccc4c4ccc(-c5cccc6c5sc5cc(-c7nc(-c8ccccc8)nc(-c8ccccc8)n7)ccc56)cc43)cc2)cc1. The van der Waals surface area contributed by atoms with Crippen LogP contribution in [-0.4, -0.2) is 19.5 Å². The van der Waals surface area contributed by atoms with Crippen molar-refractivity contribution in [3.63, 3.8) is 0 Å². The van der Waals surface area contributed by atoms with Gasteiger partial charge in [0.2, 0.25) is 0 Å². The molecule has 262 valence electrons. The summed E-state index contributed by atoms with van der Waals surface area (Å²) in [5.74, 6) is 1.98. The molecule has 0 saturated heterocycles. The first-order valence-electron chi connectivity index (χ1n) is 18.8. The van der Waals surface area contributed by atoms with Gasteiger partial charge in [-0.25, -0.2) is 15.0 Å². The van der Waals surface area contributed by atoms with Crippen LogP contribution >= 0.6 is 11.3 Å². The molecule has 0 N–H and O–H groups in total. The molecule has 0 bridgehead atoms. The van der Waals surface area contributed by atoms with Crippen LogP contribution in [0.3, 0.4) is 0 Å². The van der Waals surface area contributed by atoms with Gasteiger partial charge in [-0.1, -0.05) is 164 Å². The summed E-state index contributed by atoms with van der Waals surface area (Å²) in [6, 6.07) is 68.7. The second-order valence-electron chi connectivity index (χ2n) is 14.0. The third-order valence-corrected chi connectivity index (χ3v) is 11.9. The van der Waals surface area contributed by atoms with Gasteiger partial charge in [-0.3, -0.25) is 0 Å². The lowest BCUT2D eigenvalue weighted by Crippen LogP contribution is -1.99. The van der Waals surface area contributed by atoms with Crippen LogP contribution in [0, 0.1) is 0 Å². The molecule has 0 radical (unpaired) electrons. The Hall–Kier alpha value is -7.21. The van der Waals surface area contributed by atoms with E-state index >= 15 is 0 Å². The molecule has 0 aliphatic rings. The zero-order chi connectivity index (χ0) is 37.0. The van der Waals surface area contributed by atoms with Crippen LogP contribution in [0.4, 0.5) is 0 Å². The molecule has 4 nitrogen and oxygen atoms in total. The Labute approximate surface area is 327 Å². The van der Waals surface area contributed by atoms with Crippen molar-refractivity contribution in [1.29, 1.82) is 0 Å². The first-order chi connectivity index (χ1) is 27.7. The zero-order valence-electron chi connectivity index (χ0n) is 30.2. The molecule has 8 aromatic carbocycles. The Bertz CT molecular complexity index is 3160. The standard InChI is InChI=1S/C51H32N4S/c1-4-13-33(14-5-1)34-23-27-39(28-24-34)55-45-22-11-10-19-41(45)42-29-25-37(31-46(42)55)40-20-12-21-44-43-30-26-38(32-47(43)56-48(40)44)51-53-49(35-15-6-2-7-16-35)52-50(54-51)36-17-8-3-9-18-36/h1-32H. The smallest absolute Gasteiger partial charge is 0.164 e. The minimum absolute atomic E-state index is 0.660. The topological polar surface area (TPSA) is 43.6 Å². The van der Waals surface area contributed by atoms with Gasteiger partial charge in [0.1, 0.15) is 0 Å². The third kappa shape index (κ3) is 5.48. The molecule has 0 saturated carbocycles. The summed E-state index contributed by atoms with van der Waals surface area (Å²) in [6.07, 6.45) is 0. The third-order valence-electron chi connectivity index (χ3n) is 10.7. The Morgan fingerprint density at radius 2 is 0.857 bits per heavy atom. The van der Waals surface area contributed by atoms with Crippen LogP contribution in [0.15, 0.2) is 194 Å². The average molecular weight is 733 g/mol. The lowest BCUT2D eigenvalue weighted by Gasteiger charge is -2.11. The molecule has 3 heterocycles. The van der Waals surface area contributed by atoms with Crippen LogP contribution in [0.5, 0.6) is 0 Å². The Balaban J connectivity index is 1.04. The number of rotatable bonds is 6. The molecule has 11 rings (SSSR count). The maximum atomic E-state index is 5.01. The van der Waals surface area contributed by atoms with Gasteiger partial charge in [0.25, 0.3) is 0 Å². The first-order valence-corrected chi connectivity index (χ1v) is 19.6. The molecule has 0 fully saturated rings. The monoisotopic (exact) mass is 732 g/mol. The highest BCUT2D eigenvalue weighted by Gasteiger charge is 2.18. The molecule has 0 amide bonds. The highest BCUT2D eigenvalue weighted by atomic mass is 32.1. The fraction of sp³-hybridized carbons (Fsp3) is 0. The van der Waals surface area contributed by atoms with E-state index in [1.54, 1.807) is 0 Å². The molecular weight excluding hydrogens is 701 g/mol. The van der Waals surface area contributed by atoms with Gasteiger partial charge in [-0.05, 0) is 52.6 Å². The number of para-hydroxylation sites is 1. The van der Waals surface area contributed by atoms with E-state index in [0.29, 0.717) is 17.5 Å². The summed E-state index contributed by atoms with van der Waals surface area (Å²) in [5, 5.41) is 4.96. The van der Waals surface area contributed by atoms with Gasteiger partial charge in [-0.2, -0.15) is 0 Å². The Morgan fingerprint density at radius 1 is 0.339 bits per heavy atom. The molecule has 11 aromatic rings. The van der Waals surface area contributed by atoms with Crippen molar-refractivity contribution < 1.29 is 0 Å². The second kappa shape index (κ2) is 13.3. The summed E-state index contributed by atoms with van der Waals surface area (Å²) >= 11 is 1.83. The molecule has 5 heteroatoms. The van der Waals surface area contributed by atoms with Crippen molar-refractivity contribution in [2.75, 3.05) is 0 Å². The molecule has 0 aliphatic heterocycles. The number of aromatic nitrogens is 4. The summed E-state index contributed by atoms with van der Waals surface area (Å²) in [7, 11) is 0. The van der Waals surface area contributed by atoms with E-state index in [4.69, 9.17) is 15.0 Å². The molecule has 0 atom stereocenters. The number of nitrogens with zero attached hydrogens (tertiary/aromatic N) is 4. The molecule has 0 unspecified atom stereocenters. The highest BCUT2D eigenvalue weighted by Crippen LogP contribution is 2.43. The first kappa shape index (κ1) is 32.2. The summed E-state index contributed by atoms with van der Waals surface area (Å²) in [6.45, 7) is 0. The van der Waals surface area contributed by atoms with E-state index in [0.717, 1.165) is 22.4 Å². The van der Waals surface area contributed by atoms with Crippen molar-refractivity contribution in [3.05, 3.63) is 194 Å². The summed E-state index contributed by atoms with van der Waals surface area (Å²) < 4.78 is 4.86. The Kier molecular flexibility index (Phi) is 7.64. The van der Waals surface area contributed by atoms with Crippen LogP contribution in [0.25, 0.3) is 104 Å². The van der Waals surface area contributed by atoms with Gasteiger partial charge < -0.3 is 4.57 Å². The molecule has 56 heavy (non-hydrogen) atoms. The van der Waals surface area contributed by atoms with Crippen LogP contribution in [0.1, 0.15) is 0 Å². The minimum Gasteiger partial charge on any atom is -0.309 e. The fourth-order valence-corrected chi connectivity index (χ4v) is 9.23. The summed E-state index contributed by atoms with van der Waals surface area (Å²) in [4.78, 5) is 14.9. The van der Waals surface area contributed by atoms with Crippen LogP contribution in [-0.2, 0) is 0 Å². The van der Waals surface area contributed by atoms with E-state index in [9.17, 15) is 0 Å². The van der Waals surface area contributed by atoms with Gasteiger partial charge >= 0.3 is 0 Å². The molecule has 0 aliphatic carbocycles. The van der Waals surface area contributed by atoms with Gasteiger partial charge in [-0.15, -0.1) is 11.3 Å². The fourth-order valence-electron chi connectivity index (χ4n) is 7.95. The van der Waals surface area contributed by atoms with Crippen molar-refractivity contribution in [2.24, 2.45) is 0 Å². The number of hydrogen-bond donors (Lipinski definition) is 0. The van der Waals surface area contributed by atoms with Gasteiger partial charge in [0.05, 0.1) is 11.0 Å². The predicted molar refractivity (Wildman–Crippen MR) is 234 cm³/mol. The molecule has 3 aromatic heterocycles. The minimum atomic E-state index is 0.660. The van der Waals surface area contributed by atoms with Crippen LogP contribution < -0.4 is 0 Å². The van der Waals surface area contributed by atoms with Crippen molar-refractivity contribution in [1.82, 2.24) is 19.5 Å². The number of fused-ring (bicyclic) bond motifs is 6. The van der Waals surface area contributed by atoms with Crippen molar-refractivity contribution in [3.8, 4) is 62.1 Å². The quantitative estimate of drug-likeness (QED) is 0.171. The molecular formula is C51H32N4S. The lowest BCUT2D eigenvalue weighted by atomic mass is 10.0. The van der Waals surface area contributed by atoms with E-state index < -0.39 is 0 Å². The predicted octanol–water partition coefficient (Wildman–Crippen LogP) is 13.7. The van der Waals surface area contributed by atoms with E-state index in [1.165, 1.54) is 64.2 Å². The number of hydrogen-bond acceptors (Lipinski definition) is 4. The highest BCUT2D eigenvalue weighted by molar-refractivity contribution is 7.26. The molecule has 0 spiro atoms. The number of thiophene rings is 1. The van der Waals surface area contributed by atoms with Gasteiger partial charge in [0, 0.05) is 53.3 Å². The maximum absolute atomic E-state index is 5.01. The number of benzene rings is 8. The Morgan fingerprint density at radius 3 is 1.55 bits per heavy atom. The lowest BCUT2D eigenvalue weighted by molar-refractivity contribution is 1.07.